The number of carbonyl (C=O) groups is 1. The Labute approximate surface area is 150 Å². The first-order valence-electron chi connectivity index (χ1n) is 9.62. The van der Waals surface area contributed by atoms with E-state index in [2.05, 4.69) is 41.5 Å². The number of hydrogen-bond donors (Lipinski definition) is 0. The normalized spacial score (nSPS) is 21.8. The Morgan fingerprint density at radius 1 is 0.917 bits per heavy atom. The van der Waals surface area contributed by atoms with Crippen molar-refractivity contribution in [2.24, 2.45) is 0 Å². The maximum absolute atomic E-state index is 12.4. The third-order valence-electron chi connectivity index (χ3n) is 5.90. The molecule has 6 heteroatoms. The maximum atomic E-state index is 12.4. The summed E-state index contributed by atoms with van der Waals surface area (Å²) in [5.41, 5.74) is 0. The monoisotopic (exact) mass is 372 g/mol. The molecule has 0 unspecified atom stereocenters. The summed E-state index contributed by atoms with van der Waals surface area (Å²) in [6, 6.07) is 6.37. The van der Waals surface area contributed by atoms with Gasteiger partial charge in [0.15, 0.2) is 28.5 Å². The Bertz CT molecular complexity index is 401. The van der Waals surface area contributed by atoms with Crippen molar-refractivity contribution in [3.8, 4) is 0 Å². The molecule has 24 heavy (non-hydrogen) atoms. The Hall–Kier alpha value is -0.436. The van der Waals surface area contributed by atoms with Crippen LogP contribution in [0.3, 0.4) is 0 Å². The number of carbonyl (C=O) groups excluding carboxylic acids is 1. The predicted molar refractivity (Wildman–Crippen MR) is 104 cm³/mol. The van der Waals surface area contributed by atoms with Gasteiger partial charge in [0.2, 0.25) is 0 Å². The second-order valence-electron chi connectivity index (χ2n) is 6.72. The SMILES string of the molecule is CC[Si](CC)(CC)OC[C@H]1OC=CC(=O)[C@H]1O[Si](CC)(CC)CC. The molecule has 0 aromatic carbocycles. The molecule has 2 atom stereocenters. The van der Waals surface area contributed by atoms with E-state index in [4.69, 9.17) is 13.6 Å². The Morgan fingerprint density at radius 2 is 1.42 bits per heavy atom. The molecule has 140 valence electrons. The third kappa shape index (κ3) is 5.03. The Kier molecular flexibility index (Phi) is 8.91. The van der Waals surface area contributed by atoms with Crippen LogP contribution in [0.15, 0.2) is 12.3 Å². The molecule has 1 aliphatic heterocycles. The van der Waals surface area contributed by atoms with Crippen molar-refractivity contribution in [2.75, 3.05) is 6.61 Å². The van der Waals surface area contributed by atoms with E-state index in [1.807, 2.05) is 0 Å². The average Bonchev–Trinajstić information content (AvgIpc) is 2.63. The van der Waals surface area contributed by atoms with Gasteiger partial charge < -0.3 is 13.6 Å². The van der Waals surface area contributed by atoms with Crippen LogP contribution in [0.25, 0.3) is 0 Å². The van der Waals surface area contributed by atoms with Crippen molar-refractivity contribution in [1.82, 2.24) is 0 Å². The highest BCUT2D eigenvalue weighted by molar-refractivity contribution is 6.74. The molecular weight excluding hydrogens is 336 g/mol. The van der Waals surface area contributed by atoms with Gasteiger partial charge in [0, 0.05) is 6.08 Å². The summed E-state index contributed by atoms with van der Waals surface area (Å²) in [6.45, 7) is 13.6. The zero-order chi connectivity index (χ0) is 18.2. The summed E-state index contributed by atoms with van der Waals surface area (Å²) in [7, 11) is -3.56. The van der Waals surface area contributed by atoms with Crippen LogP contribution in [0, 0.1) is 0 Å². The van der Waals surface area contributed by atoms with Crippen LogP contribution in [-0.2, 0) is 18.4 Å². The third-order valence-corrected chi connectivity index (χ3v) is 15.2. The lowest BCUT2D eigenvalue weighted by Gasteiger charge is -2.38. The van der Waals surface area contributed by atoms with E-state index in [1.165, 1.54) is 12.3 Å². The lowest BCUT2D eigenvalue weighted by molar-refractivity contribution is -0.131. The van der Waals surface area contributed by atoms with Crippen molar-refractivity contribution in [1.29, 1.82) is 0 Å². The van der Waals surface area contributed by atoms with Crippen LogP contribution in [0.1, 0.15) is 41.5 Å². The van der Waals surface area contributed by atoms with E-state index < -0.39 is 22.7 Å². The summed E-state index contributed by atoms with van der Waals surface area (Å²) < 4.78 is 18.6. The average molecular weight is 373 g/mol. The first-order chi connectivity index (χ1) is 11.4. The number of hydrogen-bond acceptors (Lipinski definition) is 4. The van der Waals surface area contributed by atoms with Gasteiger partial charge >= 0.3 is 0 Å². The molecule has 0 aromatic heterocycles. The first kappa shape index (κ1) is 21.6. The van der Waals surface area contributed by atoms with Gasteiger partial charge in [-0.05, 0) is 36.3 Å². The van der Waals surface area contributed by atoms with Gasteiger partial charge in [-0.2, -0.15) is 0 Å². The topological polar surface area (TPSA) is 44.8 Å². The van der Waals surface area contributed by atoms with Gasteiger partial charge in [-0.3, -0.25) is 4.79 Å². The Balaban J connectivity index is 2.87. The largest absolute Gasteiger partial charge is 0.492 e. The summed E-state index contributed by atoms with van der Waals surface area (Å²) in [5, 5.41) is 0. The number of ketones is 1. The lowest BCUT2D eigenvalue weighted by atomic mass is 10.1. The zero-order valence-corrected chi connectivity index (χ0v) is 18.4. The van der Waals surface area contributed by atoms with Crippen LogP contribution in [0.5, 0.6) is 0 Å². The van der Waals surface area contributed by atoms with Gasteiger partial charge in [0.05, 0.1) is 12.9 Å². The van der Waals surface area contributed by atoms with Gasteiger partial charge in [-0.25, -0.2) is 0 Å². The second kappa shape index (κ2) is 9.89. The maximum Gasteiger partial charge on any atom is 0.193 e. The molecule has 0 saturated carbocycles. The van der Waals surface area contributed by atoms with Crippen molar-refractivity contribution in [3.63, 3.8) is 0 Å². The molecule has 0 fully saturated rings. The highest BCUT2D eigenvalue weighted by atomic mass is 28.4. The molecule has 0 aromatic rings. The van der Waals surface area contributed by atoms with Gasteiger partial charge in [-0.1, -0.05) is 41.5 Å². The highest BCUT2D eigenvalue weighted by Gasteiger charge is 2.41. The van der Waals surface area contributed by atoms with Crippen LogP contribution in [-0.4, -0.2) is 41.2 Å². The molecular formula is C18H36O4Si2. The molecule has 0 bridgehead atoms. The van der Waals surface area contributed by atoms with Crippen molar-refractivity contribution >= 4 is 22.4 Å². The Morgan fingerprint density at radius 3 is 1.88 bits per heavy atom. The van der Waals surface area contributed by atoms with Gasteiger partial charge in [0.1, 0.15) is 6.10 Å². The summed E-state index contributed by atoms with van der Waals surface area (Å²) in [6.07, 6.45) is 2.20. The molecule has 0 aliphatic carbocycles. The molecule has 0 N–H and O–H groups in total. The van der Waals surface area contributed by atoms with Gasteiger partial charge in [0.25, 0.3) is 0 Å². The van der Waals surface area contributed by atoms with E-state index in [-0.39, 0.29) is 11.9 Å². The standard InChI is InChI=1S/C18H36O4Si2/c1-7-23(8-2,9-3)21-15-17-18(16(19)13-14-20-17)22-24(10-4,11-5)12-6/h13-14,17-18H,7-12,15H2,1-6H3/t17-,18-/m1/s1. The molecule has 1 aliphatic rings. The molecule has 0 radical (unpaired) electrons. The van der Waals surface area contributed by atoms with E-state index >= 15 is 0 Å². The van der Waals surface area contributed by atoms with Gasteiger partial charge in [-0.15, -0.1) is 0 Å². The molecule has 1 rings (SSSR count). The quantitative estimate of drug-likeness (QED) is 0.485. The van der Waals surface area contributed by atoms with E-state index in [0.29, 0.717) is 6.61 Å². The van der Waals surface area contributed by atoms with Crippen LogP contribution in [0.4, 0.5) is 0 Å². The fourth-order valence-electron chi connectivity index (χ4n) is 3.40. The highest BCUT2D eigenvalue weighted by Crippen LogP contribution is 2.28. The summed E-state index contributed by atoms with van der Waals surface area (Å²) in [4.78, 5) is 12.4. The summed E-state index contributed by atoms with van der Waals surface area (Å²) in [5.74, 6) is 0.0267. The van der Waals surface area contributed by atoms with E-state index in [1.54, 1.807) is 0 Å². The van der Waals surface area contributed by atoms with Crippen LogP contribution in [0.2, 0.25) is 36.3 Å². The molecule has 1 heterocycles. The minimum absolute atomic E-state index is 0.0267. The van der Waals surface area contributed by atoms with E-state index in [0.717, 1.165) is 36.3 Å². The smallest absolute Gasteiger partial charge is 0.193 e. The van der Waals surface area contributed by atoms with Crippen LogP contribution < -0.4 is 0 Å². The second-order valence-corrected chi connectivity index (χ2v) is 16.2. The van der Waals surface area contributed by atoms with Crippen molar-refractivity contribution in [3.05, 3.63) is 12.3 Å². The van der Waals surface area contributed by atoms with E-state index in [9.17, 15) is 4.79 Å². The first-order valence-corrected chi connectivity index (χ1v) is 14.7. The predicted octanol–water partition coefficient (Wildman–Crippen LogP) is 4.88. The minimum atomic E-state index is -1.87. The lowest BCUT2D eigenvalue weighted by Crippen LogP contribution is -2.51. The number of ether oxygens (including phenoxy) is 1. The molecule has 0 amide bonds. The zero-order valence-electron chi connectivity index (χ0n) is 16.4. The molecule has 0 saturated heterocycles. The molecule has 0 spiro atoms. The fraction of sp³-hybridized carbons (Fsp3) is 0.833. The minimum Gasteiger partial charge on any atom is -0.492 e. The fourth-order valence-corrected chi connectivity index (χ4v) is 8.84. The summed E-state index contributed by atoms with van der Waals surface area (Å²) >= 11 is 0. The molecule has 4 nitrogen and oxygen atoms in total. The van der Waals surface area contributed by atoms with Crippen LogP contribution >= 0.6 is 0 Å². The van der Waals surface area contributed by atoms with Crippen molar-refractivity contribution < 1.29 is 18.4 Å². The van der Waals surface area contributed by atoms with Crippen molar-refractivity contribution in [2.45, 2.75) is 90.0 Å². The number of rotatable bonds is 11.